The van der Waals surface area contributed by atoms with Crippen molar-refractivity contribution in [3.63, 3.8) is 0 Å². The second-order valence-electron chi connectivity index (χ2n) is 9.22. The van der Waals surface area contributed by atoms with Crippen LogP contribution in [0.4, 0.5) is 37.8 Å². The zero-order valence-corrected chi connectivity index (χ0v) is 26.8. The van der Waals surface area contributed by atoms with Crippen molar-refractivity contribution >= 4 is 57.8 Å². The van der Waals surface area contributed by atoms with Crippen LogP contribution in [0.1, 0.15) is 29.3 Å². The maximum absolute atomic E-state index is 12.7. The lowest BCUT2D eigenvalue weighted by molar-refractivity contribution is -0.143. The summed E-state index contributed by atoms with van der Waals surface area (Å²) in [6, 6.07) is 7.20. The number of para-hydroxylation sites is 1. The number of esters is 1. The number of rotatable bonds is 7. The Morgan fingerprint density at radius 1 is 1.13 bits per heavy atom. The fourth-order valence-electron chi connectivity index (χ4n) is 4.08. The van der Waals surface area contributed by atoms with Gasteiger partial charge in [-0.1, -0.05) is 41.4 Å². The molecule has 19 heteroatoms. The molecule has 1 amide bonds. The van der Waals surface area contributed by atoms with E-state index < -0.39 is 72.6 Å². The van der Waals surface area contributed by atoms with Crippen molar-refractivity contribution in [1.29, 1.82) is 5.26 Å². The summed E-state index contributed by atoms with van der Waals surface area (Å²) in [5.41, 5.74) is 0.151. The first kappa shape index (κ1) is 38.5. The zero-order chi connectivity index (χ0) is 35.3. The first-order valence-corrected chi connectivity index (χ1v) is 14.4. The van der Waals surface area contributed by atoms with Gasteiger partial charge in [0.05, 0.1) is 28.4 Å². The summed E-state index contributed by atoms with van der Waals surface area (Å²) in [5.74, 6) is -1.64. The second-order valence-corrected chi connectivity index (χ2v) is 11.4. The van der Waals surface area contributed by atoms with Crippen molar-refractivity contribution in [3.8, 4) is 11.8 Å². The van der Waals surface area contributed by atoms with Crippen LogP contribution in [-0.2, 0) is 36.4 Å². The number of alkyl halides is 6. The molecule has 250 valence electrons. The molecule has 0 aliphatic rings. The SMILES string of the molecule is COCC(=O)N(c1c(C)cccc1C)[C@H](C)C(=O)OC.N#Cc1nn(-c2c(Cl)cc(C(F)(F)F)cc2Cl)c(N)c1[S+]([O-])C(F)(F)F. The van der Waals surface area contributed by atoms with Crippen molar-refractivity contribution < 1.29 is 50.0 Å². The Morgan fingerprint density at radius 3 is 2.07 bits per heavy atom. The lowest BCUT2D eigenvalue weighted by Crippen LogP contribution is -2.46. The van der Waals surface area contributed by atoms with Gasteiger partial charge in [0.2, 0.25) is 10.6 Å². The van der Waals surface area contributed by atoms with Gasteiger partial charge in [0, 0.05) is 7.11 Å². The number of nitriles is 1. The number of nitrogens with two attached hydrogens (primary N) is 1. The van der Waals surface area contributed by atoms with E-state index in [1.165, 1.54) is 25.2 Å². The molecule has 0 saturated heterocycles. The fraction of sp³-hybridized carbons (Fsp3) is 0.333. The molecular weight excluding hydrogens is 691 g/mol. The fourth-order valence-corrected chi connectivity index (χ4v) is 5.50. The molecule has 2 atom stereocenters. The first-order chi connectivity index (χ1) is 21.2. The Balaban J connectivity index is 0.000000332. The van der Waals surface area contributed by atoms with E-state index in [1.54, 1.807) is 6.92 Å². The summed E-state index contributed by atoms with van der Waals surface area (Å²) in [5, 5.41) is 11.1. The van der Waals surface area contributed by atoms with E-state index >= 15 is 0 Å². The highest BCUT2D eigenvalue weighted by molar-refractivity contribution is 7.92. The molecule has 3 aromatic rings. The molecule has 0 aliphatic heterocycles. The number of carbonyl (C=O) groups is 2. The Kier molecular flexibility index (Phi) is 12.8. The average molecular weight is 716 g/mol. The van der Waals surface area contributed by atoms with Crippen LogP contribution in [0.25, 0.3) is 5.69 Å². The molecule has 0 bridgehead atoms. The lowest BCUT2D eigenvalue weighted by atomic mass is 10.1. The molecule has 1 aromatic heterocycles. The Labute approximate surface area is 271 Å². The zero-order valence-electron chi connectivity index (χ0n) is 24.5. The van der Waals surface area contributed by atoms with Gasteiger partial charge >= 0.3 is 17.7 Å². The predicted molar refractivity (Wildman–Crippen MR) is 157 cm³/mol. The number of methoxy groups -OCH3 is 2. The quantitative estimate of drug-likeness (QED) is 0.175. The van der Waals surface area contributed by atoms with E-state index in [0.29, 0.717) is 16.8 Å². The summed E-state index contributed by atoms with van der Waals surface area (Å²) in [6.07, 6.45) is -4.79. The second kappa shape index (κ2) is 15.3. The number of anilines is 2. The maximum atomic E-state index is 12.7. The number of aromatic nitrogens is 2. The molecule has 1 unspecified atom stereocenters. The molecule has 10 nitrogen and oxygen atoms in total. The summed E-state index contributed by atoms with van der Waals surface area (Å²) in [4.78, 5) is 24.4. The molecule has 2 aromatic carbocycles. The van der Waals surface area contributed by atoms with Crippen LogP contribution in [0.3, 0.4) is 0 Å². The normalized spacial score (nSPS) is 12.8. The van der Waals surface area contributed by atoms with Gasteiger partial charge < -0.3 is 19.8 Å². The Morgan fingerprint density at radius 2 is 1.65 bits per heavy atom. The molecule has 3 rings (SSSR count). The highest BCUT2D eigenvalue weighted by atomic mass is 35.5. The third kappa shape index (κ3) is 8.56. The van der Waals surface area contributed by atoms with Gasteiger partial charge in [-0.05, 0) is 44.0 Å². The largest absolute Gasteiger partial charge is 0.604 e. The summed E-state index contributed by atoms with van der Waals surface area (Å²) < 4.78 is 98.0. The lowest BCUT2D eigenvalue weighted by Gasteiger charge is -2.30. The van der Waals surface area contributed by atoms with Crippen LogP contribution in [0, 0.1) is 25.2 Å². The third-order valence-electron chi connectivity index (χ3n) is 6.08. The van der Waals surface area contributed by atoms with Crippen LogP contribution >= 0.6 is 23.2 Å². The minimum absolute atomic E-state index is 0.0882. The molecular formula is C27H25Cl2F6N5O5S. The van der Waals surface area contributed by atoms with E-state index in [9.17, 15) is 40.5 Å². The van der Waals surface area contributed by atoms with Gasteiger partial charge in [0.25, 0.3) is 5.91 Å². The number of nitrogens with zero attached hydrogens (tertiary/aromatic N) is 4. The van der Waals surface area contributed by atoms with Crippen molar-refractivity contribution in [2.24, 2.45) is 0 Å². The highest BCUT2D eigenvalue weighted by Crippen LogP contribution is 2.41. The molecule has 0 fully saturated rings. The number of hydrogen-bond acceptors (Lipinski definition) is 8. The van der Waals surface area contributed by atoms with Gasteiger partial charge in [-0.2, -0.15) is 18.4 Å². The minimum atomic E-state index is -5.25. The maximum Gasteiger partial charge on any atom is 0.578 e. The average Bonchev–Trinajstić information content (AvgIpc) is 3.28. The minimum Gasteiger partial charge on any atom is -0.604 e. The van der Waals surface area contributed by atoms with E-state index in [0.717, 1.165) is 16.8 Å². The molecule has 1 heterocycles. The van der Waals surface area contributed by atoms with Crippen LogP contribution in [0.5, 0.6) is 0 Å². The monoisotopic (exact) mass is 715 g/mol. The van der Waals surface area contributed by atoms with Crippen molar-refractivity contribution in [2.75, 3.05) is 31.5 Å². The summed E-state index contributed by atoms with van der Waals surface area (Å²) >= 11 is 7.77. The Hall–Kier alpha value is -3.69. The summed E-state index contributed by atoms with van der Waals surface area (Å²) in [6.45, 7) is 5.36. The number of nitrogen functional groups attached to an aromatic ring is 1. The number of carbonyl (C=O) groups excluding carboxylic acids is 2. The number of amides is 1. The van der Waals surface area contributed by atoms with Crippen molar-refractivity contribution in [2.45, 2.75) is 43.4 Å². The topological polar surface area (TPSA) is 147 Å². The molecule has 46 heavy (non-hydrogen) atoms. The van der Waals surface area contributed by atoms with Gasteiger partial charge in [-0.3, -0.25) is 9.69 Å². The Bertz CT molecular complexity index is 1600. The van der Waals surface area contributed by atoms with E-state index in [4.69, 9.17) is 43.7 Å². The van der Waals surface area contributed by atoms with E-state index in [1.807, 2.05) is 32.0 Å². The molecule has 0 spiro atoms. The standard InChI is InChI=1S/C15H21NO4.C12H4Cl2F6N4OS/c1-10-7-6-8-11(2)14(10)16(13(17)9-19-4)12(3)15(18)20-5;13-5-1-4(11(15,16)17)2-6(14)8(5)24-10(22)9(7(3-21)23-24)26(25)12(18,19)20/h6-8,12H,9H2,1-5H3;1-2H,22H2/t12-;/m1./s1. The van der Waals surface area contributed by atoms with Gasteiger partial charge in [0.1, 0.15) is 35.6 Å². The van der Waals surface area contributed by atoms with E-state index in [2.05, 4.69) is 5.10 Å². The van der Waals surface area contributed by atoms with E-state index in [-0.39, 0.29) is 12.5 Å². The third-order valence-corrected chi connectivity index (χ3v) is 7.85. The molecule has 0 aliphatic carbocycles. The number of halogens is 8. The predicted octanol–water partition coefficient (Wildman–Crippen LogP) is 6.12. The highest BCUT2D eigenvalue weighted by Gasteiger charge is 2.50. The van der Waals surface area contributed by atoms with Gasteiger partial charge in [-0.15, -0.1) is 18.3 Å². The van der Waals surface area contributed by atoms with Crippen LogP contribution < -0.4 is 10.6 Å². The molecule has 0 radical (unpaired) electrons. The molecule has 2 N–H and O–H groups in total. The summed E-state index contributed by atoms with van der Waals surface area (Å²) in [7, 11) is 2.76. The van der Waals surface area contributed by atoms with Crippen LogP contribution in [-0.4, -0.2) is 58.6 Å². The van der Waals surface area contributed by atoms with Crippen molar-refractivity contribution in [1.82, 2.24) is 9.78 Å². The number of ether oxygens (including phenoxy) is 2. The molecule has 0 saturated carbocycles. The number of aryl methyl sites for hydroxylation is 2. The van der Waals surface area contributed by atoms with Gasteiger partial charge in [0.15, 0.2) is 5.82 Å². The van der Waals surface area contributed by atoms with Crippen LogP contribution in [0.15, 0.2) is 35.2 Å². The smallest absolute Gasteiger partial charge is 0.578 e. The van der Waals surface area contributed by atoms with Crippen molar-refractivity contribution in [3.05, 3.63) is 62.8 Å². The first-order valence-electron chi connectivity index (χ1n) is 12.5. The van der Waals surface area contributed by atoms with Gasteiger partial charge in [-0.25, -0.2) is 9.48 Å². The van der Waals surface area contributed by atoms with Crippen LogP contribution in [0.2, 0.25) is 10.0 Å². The number of benzene rings is 2. The number of hydrogen-bond donors (Lipinski definition) is 1.